The highest BCUT2D eigenvalue weighted by Gasteiger charge is 2.33. The van der Waals surface area contributed by atoms with Crippen LogP contribution in [0.25, 0.3) is 0 Å². The first-order valence-electron chi connectivity index (χ1n) is 5.04. The largest absolute Gasteiger partial charge is 0.417 e. The van der Waals surface area contributed by atoms with Crippen LogP contribution in [0.4, 0.5) is 18.9 Å². The zero-order chi connectivity index (χ0) is 12.9. The fourth-order valence-electron chi connectivity index (χ4n) is 1.32. The van der Waals surface area contributed by atoms with Crippen molar-refractivity contribution in [1.82, 2.24) is 0 Å². The number of nitrogens with one attached hydrogen (secondary N) is 1. The highest BCUT2D eigenvalue weighted by molar-refractivity contribution is 5.53. The Hall–Kier alpha value is -1.74. The van der Waals surface area contributed by atoms with Crippen molar-refractivity contribution in [2.75, 3.05) is 18.4 Å². The van der Waals surface area contributed by atoms with E-state index in [0.717, 1.165) is 12.1 Å². The van der Waals surface area contributed by atoms with E-state index in [2.05, 4.69) is 5.32 Å². The minimum Gasteiger partial charge on any atom is -0.385 e. The number of rotatable bonds is 4. The minimum atomic E-state index is -4.52. The van der Waals surface area contributed by atoms with Gasteiger partial charge in [0.25, 0.3) is 0 Å². The summed E-state index contributed by atoms with van der Waals surface area (Å²) in [5.41, 5.74) is 4.32. The van der Waals surface area contributed by atoms with Crippen LogP contribution in [-0.2, 0) is 6.18 Å². The molecule has 0 radical (unpaired) electrons. The van der Waals surface area contributed by atoms with Crippen molar-refractivity contribution in [3.05, 3.63) is 29.3 Å². The molecule has 1 aromatic rings. The molecule has 0 amide bonds. The standard InChI is InChI=1S/C11H12F3N3/c12-11(13,14)10-6-9(17-5-1-4-15)3-2-8(10)7-16/h2-3,6,17H,1,4-5,15H2. The zero-order valence-corrected chi connectivity index (χ0v) is 9.01. The molecule has 0 atom stereocenters. The molecule has 17 heavy (non-hydrogen) atoms. The number of hydrogen-bond donors (Lipinski definition) is 2. The molecular formula is C11H12F3N3. The Balaban J connectivity index is 2.94. The second-order valence-electron chi connectivity index (χ2n) is 3.44. The first-order chi connectivity index (χ1) is 7.99. The highest BCUT2D eigenvalue weighted by Crippen LogP contribution is 2.33. The topological polar surface area (TPSA) is 61.8 Å². The molecule has 92 valence electrons. The number of benzene rings is 1. The smallest absolute Gasteiger partial charge is 0.385 e. The van der Waals surface area contributed by atoms with Gasteiger partial charge in [-0.1, -0.05) is 0 Å². The number of alkyl halides is 3. The Morgan fingerprint density at radius 3 is 2.59 bits per heavy atom. The average Bonchev–Trinajstić information content (AvgIpc) is 2.28. The van der Waals surface area contributed by atoms with Gasteiger partial charge in [0.2, 0.25) is 0 Å². The van der Waals surface area contributed by atoms with Crippen LogP contribution in [-0.4, -0.2) is 13.1 Å². The van der Waals surface area contributed by atoms with Crippen molar-refractivity contribution in [3.8, 4) is 6.07 Å². The number of nitriles is 1. The highest BCUT2D eigenvalue weighted by atomic mass is 19.4. The molecule has 3 N–H and O–H groups in total. The number of anilines is 1. The van der Waals surface area contributed by atoms with Crippen molar-refractivity contribution in [2.45, 2.75) is 12.6 Å². The second kappa shape index (κ2) is 5.55. The normalized spacial score (nSPS) is 11.0. The van der Waals surface area contributed by atoms with Gasteiger partial charge < -0.3 is 11.1 Å². The van der Waals surface area contributed by atoms with Gasteiger partial charge in [-0.3, -0.25) is 0 Å². The van der Waals surface area contributed by atoms with E-state index in [9.17, 15) is 13.2 Å². The van der Waals surface area contributed by atoms with E-state index in [-0.39, 0.29) is 5.56 Å². The lowest BCUT2D eigenvalue weighted by atomic mass is 10.1. The van der Waals surface area contributed by atoms with E-state index in [1.165, 1.54) is 12.1 Å². The van der Waals surface area contributed by atoms with E-state index in [1.54, 1.807) is 0 Å². The lowest BCUT2D eigenvalue weighted by molar-refractivity contribution is -0.137. The summed E-state index contributed by atoms with van der Waals surface area (Å²) < 4.78 is 37.8. The summed E-state index contributed by atoms with van der Waals surface area (Å²) in [6.45, 7) is 0.967. The van der Waals surface area contributed by atoms with Gasteiger partial charge in [0.05, 0.1) is 17.2 Å². The summed E-state index contributed by atoms with van der Waals surface area (Å²) in [6.07, 6.45) is -3.85. The fraction of sp³-hybridized carbons (Fsp3) is 0.364. The summed E-state index contributed by atoms with van der Waals surface area (Å²) in [6, 6.07) is 5.08. The van der Waals surface area contributed by atoms with Gasteiger partial charge in [0, 0.05) is 12.2 Å². The van der Waals surface area contributed by atoms with Crippen molar-refractivity contribution < 1.29 is 13.2 Å². The van der Waals surface area contributed by atoms with E-state index < -0.39 is 11.7 Å². The van der Waals surface area contributed by atoms with Crippen LogP contribution in [0.3, 0.4) is 0 Å². The number of nitrogens with two attached hydrogens (primary N) is 1. The molecule has 0 heterocycles. The first-order valence-corrected chi connectivity index (χ1v) is 5.04. The number of hydrogen-bond acceptors (Lipinski definition) is 3. The molecule has 1 aromatic carbocycles. The Morgan fingerprint density at radius 1 is 1.35 bits per heavy atom. The Labute approximate surface area is 97.0 Å². The molecule has 0 unspecified atom stereocenters. The third-order valence-corrected chi connectivity index (χ3v) is 2.16. The molecule has 0 saturated heterocycles. The maximum absolute atomic E-state index is 12.6. The van der Waals surface area contributed by atoms with E-state index in [4.69, 9.17) is 11.0 Å². The molecule has 0 aliphatic rings. The number of halogens is 3. The maximum Gasteiger partial charge on any atom is 0.417 e. The molecule has 6 heteroatoms. The van der Waals surface area contributed by atoms with Crippen LogP contribution in [0.1, 0.15) is 17.5 Å². The molecule has 0 saturated carbocycles. The zero-order valence-electron chi connectivity index (χ0n) is 9.01. The summed E-state index contributed by atoms with van der Waals surface area (Å²) >= 11 is 0. The molecule has 0 bridgehead atoms. The first kappa shape index (κ1) is 13.3. The van der Waals surface area contributed by atoms with Crippen LogP contribution in [0.5, 0.6) is 0 Å². The van der Waals surface area contributed by atoms with Crippen molar-refractivity contribution in [2.24, 2.45) is 5.73 Å². The molecule has 0 spiro atoms. The van der Waals surface area contributed by atoms with E-state index in [1.807, 2.05) is 0 Å². The Morgan fingerprint density at radius 2 is 2.06 bits per heavy atom. The third-order valence-electron chi connectivity index (χ3n) is 2.16. The van der Waals surface area contributed by atoms with Crippen LogP contribution in [0.15, 0.2) is 18.2 Å². The predicted molar refractivity (Wildman–Crippen MR) is 58.3 cm³/mol. The molecule has 0 fully saturated rings. The van der Waals surface area contributed by atoms with Crippen LogP contribution in [0.2, 0.25) is 0 Å². The van der Waals surface area contributed by atoms with Gasteiger partial charge in [-0.05, 0) is 31.2 Å². The summed E-state index contributed by atoms with van der Waals surface area (Å²) in [7, 11) is 0. The molecule has 3 nitrogen and oxygen atoms in total. The van der Waals surface area contributed by atoms with Gasteiger partial charge in [0.1, 0.15) is 0 Å². The van der Waals surface area contributed by atoms with Gasteiger partial charge in [-0.25, -0.2) is 0 Å². The molecule has 0 aromatic heterocycles. The van der Waals surface area contributed by atoms with Crippen LogP contribution >= 0.6 is 0 Å². The molecule has 0 aliphatic heterocycles. The Bertz CT molecular complexity index is 421. The van der Waals surface area contributed by atoms with Gasteiger partial charge in [-0.15, -0.1) is 0 Å². The quantitative estimate of drug-likeness (QED) is 0.798. The second-order valence-corrected chi connectivity index (χ2v) is 3.44. The number of nitrogens with zero attached hydrogens (tertiary/aromatic N) is 1. The van der Waals surface area contributed by atoms with Gasteiger partial charge in [-0.2, -0.15) is 18.4 Å². The lowest BCUT2D eigenvalue weighted by Crippen LogP contribution is -2.11. The Kier molecular flexibility index (Phi) is 4.35. The van der Waals surface area contributed by atoms with E-state index >= 15 is 0 Å². The van der Waals surface area contributed by atoms with Crippen molar-refractivity contribution in [3.63, 3.8) is 0 Å². The van der Waals surface area contributed by atoms with Crippen LogP contribution < -0.4 is 11.1 Å². The average molecular weight is 243 g/mol. The maximum atomic E-state index is 12.6. The molecule has 1 rings (SSSR count). The minimum absolute atomic E-state index is 0.338. The monoisotopic (exact) mass is 243 g/mol. The predicted octanol–water partition coefficient (Wildman–Crippen LogP) is 2.34. The van der Waals surface area contributed by atoms with Gasteiger partial charge in [0.15, 0.2) is 0 Å². The lowest BCUT2D eigenvalue weighted by Gasteiger charge is -2.11. The SMILES string of the molecule is N#Cc1ccc(NCCCN)cc1C(F)(F)F. The fourth-order valence-corrected chi connectivity index (χ4v) is 1.32. The summed E-state index contributed by atoms with van der Waals surface area (Å²) in [4.78, 5) is 0. The van der Waals surface area contributed by atoms with Gasteiger partial charge >= 0.3 is 6.18 Å². The van der Waals surface area contributed by atoms with Crippen molar-refractivity contribution >= 4 is 5.69 Å². The summed E-state index contributed by atoms with van der Waals surface area (Å²) in [5, 5.41) is 11.4. The molecular weight excluding hydrogens is 231 g/mol. The van der Waals surface area contributed by atoms with E-state index in [0.29, 0.717) is 25.2 Å². The van der Waals surface area contributed by atoms with Crippen LogP contribution in [0, 0.1) is 11.3 Å². The third kappa shape index (κ3) is 3.64. The summed E-state index contributed by atoms with van der Waals surface area (Å²) in [5.74, 6) is 0. The van der Waals surface area contributed by atoms with Crippen molar-refractivity contribution in [1.29, 1.82) is 5.26 Å². The molecule has 0 aliphatic carbocycles.